The topological polar surface area (TPSA) is 41.1 Å². The highest BCUT2D eigenvalue weighted by molar-refractivity contribution is 5.79. The Hall–Kier alpha value is -0.570. The minimum atomic E-state index is -0.122. The van der Waals surface area contributed by atoms with Crippen LogP contribution in [-0.2, 0) is 4.79 Å². The Labute approximate surface area is 112 Å². The minimum absolute atomic E-state index is 0.122. The molecule has 2 atom stereocenters. The third-order valence-corrected chi connectivity index (χ3v) is 3.43. The molecule has 1 heterocycles. The van der Waals surface area contributed by atoms with Gasteiger partial charge < -0.3 is 10.6 Å². The van der Waals surface area contributed by atoms with Gasteiger partial charge in [-0.15, -0.1) is 0 Å². The largest absolute Gasteiger partial charge is 0.351 e. The Balaban J connectivity index is 2.52. The third-order valence-electron chi connectivity index (χ3n) is 3.43. The van der Waals surface area contributed by atoms with Crippen LogP contribution in [0.25, 0.3) is 0 Å². The van der Waals surface area contributed by atoms with Crippen molar-refractivity contribution in [1.82, 2.24) is 10.6 Å². The first-order valence-corrected chi connectivity index (χ1v) is 7.14. The molecule has 3 heteroatoms. The summed E-state index contributed by atoms with van der Waals surface area (Å²) in [7, 11) is 0. The number of nitrogens with one attached hydrogen (secondary N) is 2. The molecule has 1 amide bonds. The molecular weight excluding hydrogens is 224 g/mol. The maximum absolute atomic E-state index is 12.3. The maximum Gasteiger partial charge on any atom is 0.223 e. The third kappa shape index (κ3) is 5.38. The molecule has 0 aromatic carbocycles. The van der Waals surface area contributed by atoms with Gasteiger partial charge >= 0.3 is 0 Å². The van der Waals surface area contributed by atoms with Gasteiger partial charge in [-0.05, 0) is 52.0 Å². The maximum atomic E-state index is 12.3. The van der Waals surface area contributed by atoms with Crippen LogP contribution in [0, 0.1) is 11.3 Å². The normalized spacial score (nSPS) is 25.9. The molecule has 0 saturated carbocycles. The Morgan fingerprint density at radius 3 is 2.39 bits per heavy atom. The monoisotopic (exact) mass is 254 g/mol. The lowest BCUT2D eigenvalue weighted by Gasteiger charge is -2.36. The Bertz CT molecular complexity index is 291. The highest BCUT2D eigenvalue weighted by Crippen LogP contribution is 2.27. The SMILES string of the molecule is CC1CC(C(=O)NC(C)(C)CC(C)(C)C)CCN1. The van der Waals surface area contributed by atoms with Gasteiger partial charge in [-0.1, -0.05) is 20.8 Å². The molecule has 0 bridgehead atoms. The average Bonchev–Trinajstić information content (AvgIpc) is 2.12. The zero-order chi connectivity index (χ0) is 14.0. The number of carbonyl (C=O) groups is 1. The van der Waals surface area contributed by atoms with Crippen LogP contribution < -0.4 is 10.6 Å². The molecule has 0 aromatic heterocycles. The zero-order valence-electron chi connectivity index (χ0n) is 12.9. The molecule has 0 spiro atoms. The number of piperidine rings is 1. The highest BCUT2D eigenvalue weighted by Gasteiger charge is 2.31. The molecule has 0 aromatic rings. The summed E-state index contributed by atoms with van der Waals surface area (Å²) in [5, 5.41) is 6.62. The molecule has 2 N–H and O–H groups in total. The number of hydrogen-bond donors (Lipinski definition) is 2. The van der Waals surface area contributed by atoms with E-state index in [1.54, 1.807) is 0 Å². The van der Waals surface area contributed by atoms with Crippen molar-refractivity contribution >= 4 is 5.91 Å². The number of hydrogen-bond acceptors (Lipinski definition) is 2. The molecule has 1 aliphatic heterocycles. The summed E-state index contributed by atoms with van der Waals surface area (Å²) >= 11 is 0. The summed E-state index contributed by atoms with van der Waals surface area (Å²) in [5.41, 5.74) is 0.113. The second-order valence-electron chi connectivity index (χ2n) is 7.69. The first-order valence-electron chi connectivity index (χ1n) is 7.14. The van der Waals surface area contributed by atoms with Crippen molar-refractivity contribution < 1.29 is 4.79 Å². The lowest BCUT2D eigenvalue weighted by atomic mass is 9.81. The summed E-state index contributed by atoms with van der Waals surface area (Å²) in [4.78, 5) is 12.3. The fraction of sp³-hybridized carbons (Fsp3) is 0.933. The first kappa shape index (κ1) is 15.5. The standard InChI is InChI=1S/C15H30N2O/c1-11-9-12(7-8-16-11)13(18)17-15(5,6)10-14(2,3)4/h11-12,16H,7-10H2,1-6H3,(H,17,18). The summed E-state index contributed by atoms with van der Waals surface area (Å²) in [6.07, 6.45) is 2.91. The fourth-order valence-corrected chi connectivity index (χ4v) is 3.18. The predicted molar refractivity (Wildman–Crippen MR) is 76.5 cm³/mol. The zero-order valence-corrected chi connectivity index (χ0v) is 12.9. The second kappa shape index (κ2) is 5.60. The molecular formula is C15H30N2O. The van der Waals surface area contributed by atoms with Crippen molar-refractivity contribution in [2.24, 2.45) is 11.3 Å². The van der Waals surface area contributed by atoms with E-state index in [0.29, 0.717) is 6.04 Å². The predicted octanol–water partition coefficient (Wildman–Crippen LogP) is 2.71. The molecule has 0 aliphatic carbocycles. The van der Waals surface area contributed by atoms with E-state index >= 15 is 0 Å². The quantitative estimate of drug-likeness (QED) is 0.813. The second-order valence-corrected chi connectivity index (χ2v) is 7.69. The van der Waals surface area contributed by atoms with Gasteiger partial charge in [0.2, 0.25) is 5.91 Å². The number of amides is 1. The van der Waals surface area contributed by atoms with Crippen LogP contribution in [0.5, 0.6) is 0 Å². The van der Waals surface area contributed by atoms with Gasteiger partial charge in [0.15, 0.2) is 0 Å². The Morgan fingerprint density at radius 2 is 1.89 bits per heavy atom. The van der Waals surface area contributed by atoms with Crippen LogP contribution in [0.2, 0.25) is 0 Å². The fourth-order valence-electron chi connectivity index (χ4n) is 3.18. The van der Waals surface area contributed by atoms with E-state index in [1.807, 2.05) is 0 Å². The van der Waals surface area contributed by atoms with E-state index in [9.17, 15) is 4.79 Å². The summed E-state index contributed by atoms with van der Waals surface area (Å²) in [6, 6.07) is 0.459. The van der Waals surface area contributed by atoms with Crippen molar-refractivity contribution in [3.8, 4) is 0 Å². The van der Waals surface area contributed by atoms with Crippen LogP contribution in [0.4, 0.5) is 0 Å². The summed E-state index contributed by atoms with van der Waals surface area (Å²) in [6.45, 7) is 14.0. The van der Waals surface area contributed by atoms with E-state index in [4.69, 9.17) is 0 Å². The van der Waals surface area contributed by atoms with Crippen molar-refractivity contribution in [2.45, 2.75) is 72.4 Å². The summed E-state index contributed by atoms with van der Waals surface area (Å²) in [5.74, 6) is 0.415. The number of carbonyl (C=O) groups excluding carboxylic acids is 1. The lowest BCUT2D eigenvalue weighted by Crippen LogP contribution is -2.50. The number of rotatable bonds is 3. The minimum Gasteiger partial charge on any atom is -0.351 e. The van der Waals surface area contributed by atoms with Crippen LogP contribution in [0.15, 0.2) is 0 Å². The van der Waals surface area contributed by atoms with Crippen molar-refractivity contribution in [2.75, 3.05) is 6.54 Å². The molecule has 1 fully saturated rings. The molecule has 2 unspecified atom stereocenters. The van der Waals surface area contributed by atoms with E-state index in [2.05, 4.69) is 52.2 Å². The average molecular weight is 254 g/mol. The van der Waals surface area contributed by atoms with Gasteiger partial charge in [-0.25, -0.2) is 0 Å². The molecule has 18 heavy (non-hydrogen) atoms. The smallest absolute Gasteiger partial charge is 0.223 e. The van der Waals surface area contributed by atoms with Crippen molar-refractivity contribution in [3.63, 3.8) is 0 Å². The first-order chi connectivity index (χ1) is 8.09. The van der Waals surface area contributed by atoms with Crippen LogP contribution in [0.1, 0.15) is 60.8 Å². The van der Waals surface area contributed by atoms with E-state index in [1.165, 1.54) is 0 Å². The van der Waals surface area contributed by atoms with Crippen LogP contribution >= 0.6 is 0 Å². The van der Waals surface area contributed by atoms with Crippen LogP contribution in [-0.4, -0.2) is 24.0 Å². The van der Waals surface area contributed by atoms with Crippen molar-refractivity contribution in [3.05, 3.63) is 0 Å². The Morgan fingerprint density at radius 1 is 1.28 bits per heavy atom. The molecule has 1 aliphatic rings. The van der Waals surface area contributed by atoms with Gasteiger partial charge in [0.25, 0.3) is 0 Å². The van der Waals surface area contributed by atoms with Crippen molar-refractivity contribution in [1.29, 1.82) is 0 Å². The van der Waals surface area contributed by atoms with Gasteiger partial charge in [0.1, 0.15) is 0 Å². The van der Waals surface area contributed by atoms with E-state index in [-0.39, 0.29) is 22.8 Å². The molecule has 106 valence electrons. The molecule has 3 nitrogen and oxygen atoms in total. The van der Waals surface area contributed by atoms with Crippen LogP contribution in [0.3, 0.4) is 0 Å². The lowest BCUT2D eigenvalue weighted by molar-refractivity contribution is -0.128. The van der Waals surface area contributed by atoms with Gasteiger partial charge in [0, 0.05) is 17.5 Å². The molecule has 0 radical (unpaired) electrons. The van der Waals surface area contributed by atoms with E-state index < -0.39 is 0 Å². The Kier molecular flexibility index (Phi) is 4.82. The molecule has 1 saturated heterocycles. The van der Waals surface area contributed by atoms with Gasteiger partial charge in [-0.2, -0.15) is 0 Å². The van der Waals surface area contributed by atoms with Gasteiger partial charge in [0.05, 0.1) is 0 Å². The van der Waals surface area contributed by atoms with E-state index in [0.717, 1.165) is 25.8 Å². The summed E-state index contributed by atoms with van der Waals surface area (Å²) < 4.78 is 0. The van der Waals surface area contributed by atoms with Gasteiger partial charge in [-0.3, -0.25) is 4.79 Å². The molecule has 1 rings (SSSR count). The highest BCUT2D eigenvalue weighted by atomic mass is 16.2.